The molecule has 0 aromatic heterocycles. The molecule has 1 atom stereocenters. The van der Waals surface area contributed by atoms with Crippen LogP contribution in [0.2, 0.25) is 0 Å². The second kappa shape index (κ2) is 7.40. The average Bonchev–Trinajstić information content (AvgIpc) is 2.56. The molecule has 0 saturated heterocycles. The van der Waals surface area contributed by atoms with Crippen molar-refractivity contribution in [3.63, 3.8) is 0 Å². The summed E-state index contributed by atoms with van der Waals surface area (Å²) >= 11 is 0. The number of nitrogens with zero attached hydrogens (tertiary/aromatic N) is 1. The summed E-state index contributed by atoms with van der Waals surface area (Å²) < 4.78 is 23.4. The Morgan fingerprint density at radius 2 is 1.88 bits per heavy atom. The van der Waals surface area contributed by atoms with E-state index in [2.05, 4.69) is 5.32 Å². The number of methoxy groups -OCH3 is 1. The zero-order valence-electron chi connectivity index (χ0n) is 13.0. The Hall–Kier alpha value is -3.16. The molecule has 0 saturated carbocycles. The van der Waals surface area contributed by atoms with Crippen LogP contribution in [0.1, 0.15) is 6.92 Å². The van der Waals surface area contributed by atoms with E-state index in [4.69, 9.17) is 9.47 Å². The number of amides is 1. The van der Waals surface area contributed by atoms with Crippen molar-refractivity contribution in [2.24, 2.45) is 0 Å². The fraction of sp³-hybridized carbons (Fsp3) is 0.188. The van der Waals surface area contributed by atoms with Crippen LogP contribution in [-0.2, 0) is 4.79 Å². The van der Waals surface area contributed by atoms with Gasteiger partial charge in [0.2, 0.25) is 0 Å². The molecule has 7 nitrogen and oxygen atoms in total. The zero-order chi connectivity index (χ0) is 17.7. The molecule has 0 aliphatic rings. The molecule has 0 unspecified atom stereocenters. The van der Waals surface area contributed by atoms with Crippen LogP contribution in [0.4, 0.5) is 15.8 Å². The number of ether oxygens (including phenoxy) is 2. The van der Waals surface area contributed by atoms with Gasteiger partial charge in [0.05, 0.1) is 18.1 Å². The van der Waals surface area contributed by atoms with Crippen molar-refractivity contribution < 1.29 is 23.6 Å². The number of non-ortho nitro benzene ring substituents is 1. The average molecular weight is 334 g/mol. The van der Waals surface area contributed by atoms with E-state index in [0.29, 0.717) is 5.69 Å². The maximum absolute atomic E-state index is 12.9. The molecule has 0 aliphatic heterocycles. The highest BCUT2D eigenvalue weighted by molar-refractivity contribution is 5.94. The topological polar surface area (TPSA) is 90.7 Å². The summed E-state index contributed by atoms with van der Waals surface area (Å²) in [5.41, 5.74) is 0.222. The molecule has 2 aromatic rings. The number of rotatable bonds is 6. The van der Waals surface area contributed by atoms with E-state index in [0.717, 1.165) is 0 Å². The Morgan fingerprint density at radius 3 is 2.46 bits per heavy atom. The minimum atomic E-state index is -0.953. The van der Waals surface area contributed by atoms with Crippen molar-refractivity contribution in [3.8, 4) is 11.5 Å². The van der Waals surface area contributed by atoms with Crippen LogP contribution in [0.25, 0.3) is 0 Å². The number of nitrogens with one attached hydrogen (secondary N) is 1. The van der Waals surface area contributed by atoms with E-state index in [1.807, 2.05) is 0 Å². The third-order valence-corrected chi connectivity index (χ3v) is 3.14. The second-order valence-corrected chi connectivity index (χ2v) is 4.85. The molecule has 0 bridgehead atoms. The van der Waals surface area contributed by atoms with E-state index in [1.165, 1.54) is 56.5 Å². The number of carbonyl (C=O) groups excluding carboxylic acids is 1. The number of nitro groups is 1. The molecule has 0 aliphatic carbocycles. The molecule has 24 heavy (non-hydrogen) atoms. The number of nitro benzene ring substituents is 1. The Morgan fingerprint density at radius 1 is 1.21 bits per heavy atom. The van der Waals surface area contributed by atoms with Gasteiger partial charge in [-0.25, -0.2) is 4.39 Å². The van der Waals surface area contributed by atoms with Gasteiger partial charge in [-0.1, -0.05) is 0 Å². The largest absolute Gasteiger partial charge is 0.493 e. The zero-order valence-corrected chi connectivity index (χ0v) is 13.0. The molecular formula is C16H15FN2O5. The highest BCUT2D eigenvalue weighted by Crippen LogP contribution is 2.32. The minimum Gasteiger partial charge on any atom is -0.493 e. The maximum Gasteiger partial charge on any atom is 0.273 e. The van der Waals surface area contributed by atoms with Crippen LogP contribution >= 0.6 is 0 Å². The predicted molar refractivity (Wildman–Crippen MR) is 84.8 cm³/mol. The van der Waals surface area contributed by atoms with Gasteiger partial charge in [0.25, 0.3) is 11.6 Å². The van der Waals surface area contributed by atoms with E-state index in [-0.39, 0.29) is 17.2 Å². The molecule has 0 heterocycles. The smallest absolute Gasteiger partial charge is 0.273 e. The van der Waals surface area contributed by atoms with Gasteiger partial charge in [0.15, 0.2) is 17.6 Å². The monoisotopic (exact) mass is 334 g/mol. The van der Waals surface area contributed by atoms with Crippen LogP contribution in [-0.4, -0.2) is 24.0 Å². The third kappa shape index (κ3) is 4.19. The lowest BCUT2D eigenvalue weighted by molar-refractivity contribution is -0.385. The summed E-state index contributed by atoms with van der Waals surface area (Å²) in [7, 11) is 1.39. The Kier molecular flexibility index (Phi) is 5.31. The Bertz CT molecular complexity index is 749. The lowest BCUT2D eigenvalue weighted by Crippen LogP contribution is -2.30. The highest BCUT2D eigenvalue weighted by atomic mass is 19.1. The molecule has 0 radical (unpaired) electrons. The molecular weight excluding hydrogens is 319 g/mol. The van der Waals surface area contributed by atoms with Crippen molar-refractivity contribution in [3.05, 3.63) is 58.4 Å². The van der Waals surface area contributed by atoms with E-state index >= 15 is 0 Å². The Balaban J connectivity index is 2.11. The van der Waals surface area contributed by atoms with Crippen molar-refractivity contribution in [1.29, 1.82) is 0 Å². The minimum absolute atomic E-state index is 0.0773. The number of benzene rings is 2. The fourth-order valence-electron chi connectivity index (χ4n) is 1.89. The van der Waals surface area contributed by atoms with Gasteiger partial charge in [0.1, 0.15) is 5.82 Å². The quantitative estimate of drug-likeness (QED) is 0.647. The normalized spacial score (nSPS) is 11.5. The maximum atomic E-state index is 12.9. The summed E-state index contributed by atoms with van der Waals surface area (Å²) in [6, 6.07) is 9.09. The predicted octanol–water partition coefficient (Wildman–Crippen LogP) is 3.15. The number of anilines is 1. The second-order valence-electron chi connectivity index (χ2n) is 4.85. The van der Waals surface area contributed by atoms with Crippen molar-refractivity contribution >= 4 is 17.3 Å². The van der Waals surface area contributed by atoms with Crippen molar-refractivity contribution in [1.82, 2.24) is 0 Å². The number of hydrogen-bond acceptors (Lipinski definition) is 5. The molecule has 0 spiro atoms. The molecule has 0 fully saturated rings. The van der Waals surface area contributed by atoms with Gasteiger partial charge in [-0.3, -0.25) is 14.9 Å². The van der Waals surface area contributed by atoms with Crippen molar-refractivity contribution in [2.45, 2.75) is 13.0 Å². The number of carbonyl (C=O) groups is 1. The first-order valence-electron chi connectivity index (χ1n) is 6.96. The summed E-state index contributed by atoms with van der Waals surface area (Å²) in [4.78, 5) is 22.4. The van der Waals surface area contributed by atoms with Gasteiger partial charge in [-0.05, 0) is 37.3 Å². The molecule has 2 rings (SSSR count). The lowest BCUT2D eigenvalue weighted by atomic mass is 10.2. The summed E-state index contributed by atoms with van der Waals surface area (Å²) in [5, 5.41) is 13.4. The summed E-state index contributed by atoms with van der Waals surface area (Å²) in [6.45, 7) is 1.48. The van der Waals surface area contributed by atoms with Crippen LogP contribution in [0.15, 0.2) is 42.5 Å². The number of halogens is 1. The van der Waals surface area contributed by atoms with E-state index in [9.17, 15) is 19.3 Å². The molecule has 126 valence electrons. The van der Waals surface area contributed by atoms with E-state index in [1.54, 1.807) is 0 Å². The third-order valence-electron chi connectivity index (χ3n) is 3.14. The van der Waals surface area contributed by atoms with Gasteiger partial charge >= 0.3 is 0 Å². The van der Waals surface area contributed by atoms with Crippen molar-refractivity contribution in [2.75, 3.05) is 12.4 Å². The van der Waals surface area contributed by atoms with Gasteiger partial charge in [-0.15, -0.1) is 0 Å². The lowest BCUT2D eigenvalue weighted by Gasteiger charge is -2.16. The van der Waals surface area contributed by atoms with Gasteiger partial charge in [0, 0.05) is 11.8 Å². The van der Waals surface area contributed by atoms with Gasteiger partial charge < -0.3 is 14.8 Å². The molecule has 1 amide bonds. The van der Waals surface area contributed by atoms with Crippen LogP contribution in [0, 0.1) is 15.9 Å². The number of hydrogen-bond donors (Lipinski definition) is 1. The first-order chi connectivity index (χ1) is 11.4. The Labute approximate surface area is 137 Å². The van der Waals surface area contributed by atoms with Crippen LogP contribution < -0.4 is 14.8 Å². The van der Waals surface area contributed by atoms with Crippen LogP contribution in [0.5, 0.6) is 11.5 Å². The molecule has 1 N–H and O–H groups in total. The first kappa shape index (κ1) is 17.2. The first-order valence-corrected chi connectivity index (χ1v) is 6.96. The van der Waals surface area contributed by atoms with E-state index < -0.39 is 22.8 Å². The SMILES string of the molecule is COc1ccc([N+](=O)[O-])cc1O[C@@H](C)C(=O)Nc1ccc(F)cc1. The van der Waals surface area contributed by atoms with Gasteiger partial charge in [-0.2, -0.15) is 0 Å². The molecule has 2 aromatic carbocycles. The van der Waals surface area contributed by atoms with Crippen LogP contribution in [0.3, 0.4) is 0 Å². The fourth-order valence-corrected chi connectivity index (χ4v) is 1.89. The summed E-state index contributed by atoms with van der Waals surface area (Å²) in [6.07, 6.45) is -0.953. The summed E-state index contributed by atoms with van der Waals surface area (Å²) in [5.74, 6) is -0.565. The highest BCUT2D eigenvalue weighted by Gasteiger charge is 2.19. The molecule has 8 heteroatoms. The standard InChI is InChI=1S/C16H15FN2O5/c1-10(16(20)18-12-5-3-11(17)4-6-12)24-15-9-13(19(21)22)7-8-14(15)23-2/h3-10H,1-2H3,(H,18,20)/t10-/m0/s1.